The number of rotatable bonds is 6. The Hall–Kier alpha value is -2.01. The van der Waals surface area contributed by atoms with Gasteiger partial charge in [0.1, 0.15) is 18.3 Å². The second-order valence-corrected chi connectivity index (χ2v) is 6.46. The van der Waals surface area contributed by atoms with Gasteiger partial charge >= 0.3 is 11.7 Å². The number of anilines is 1. The van der Waals surface area contributed by atoms with Crippen LogP contribution in [0.5, 0.6) is 0 Å². The van der Waals surface area contributed by atoms with Gasteiger partial charge in [-0.2, -0.15) is 4.98 Å². The molecular weight excluding hydrogens is 334 g/mol. The van der Waals surface area contributed by atoms with Crippen LogP contribution in [0.25, 0.3) is 0 Å². The molecule has 1 aromatic rings. The molecule has 0 amide bonds. The van der Waals surface area contributed by atoms with E-state index < -0.39 is 48.2 Å². The molecule has 2 rings (SSSR count). The zero-order chi connectivity index (χ0) is 18.8. The molecule has 140 valence electrons. The fraction of sp³-hybridized carbons (Fsp3) is 0.667. The maximum atomic E-state index is 12.1. The molecule has 1 aliphatic heterocycles. The van der Waals surface area contributed by atoms with Gasteiger partial charge in [0.2, 0.25) is 0 Å². The number of aliphatic hydroxyl groups excluding tert-OH is 3. The lowest BCUT2D eigenvalue weighted by molar-refractivity contribution is -0.150. The number of ether oxygens (including phenoxy) is 1. The lowest BCUT2D eigenvalue weighted by atomic mass is 9.91. The van der Waals surface area contributed by atoms with Crippen molar-refractivity contribution in [3.8, 4) is 0 Å². The standard InChI is InChI=1S/C15H23N3O7/c1-4-15(2,3)13(22)25-17-9-5-6-18(14(23)16-9)12-11(21)10(20)8(7-19)24-12/h5-6,8,10-12,19-21H,4,7H2,1-3H3,(H,16,17,23)/t8-,10-,11-,12-/m1/s1. The third-order valence-corrected chi connectivity index (χ3v) is 4.31. The van der Waals surface area contributed by atoms with Crippen LogP contribution in [0.4, 0.5) is 5.82 Å². The monoisotopic (exact) mass is 357 g/mol. The lowest BCUT2D eigenvalue weighted by Gasteiger charge is -2.20. The van der Waals surface area contributed by atoms with Crippen LogP contribution in [0.2, 0.25) is 0 Å². The molecule has 1 saturated heterocycles. The van der Waals surface area contributed by atoms with Crippen molar-refractivity contribution in [3.63, 3.8) is 0 Å². The van der Waals surface area contributed by atoms with Crippen molar-refractivity contribution >= 4 is 11.8 Å². The number of aromatic nitrogens is 2. The van der Waals surface area contributed by atoms with Gasteiger partial charge in [0.25, 0.3) is 0 Å². The normalized spacial score (nSPS) is 26.5. The van der Waals surface area contributed by atoms with Crippen LogP contribution in [-0.4, -0.2) is 55.8 Å². The van der Waals surface area contributed by atoms with Crippen molar-refractivity contribution in [2.75, 3.05) is 12.1 Å². The topological polar surface area (TPSA) is 143 Å². The molecule has 0 saturated carbocycles. The van der Waals surface area contributed by atoms with Gasteiger partial charge in [-0.15, -0.1) is 0 Å². The minimum atomic E-state index is -1.39. The predicted octanol–water partition coefficient (Wildman–Crippen LogP) is -0.839. The molecule has 0 aliphatic carbocycles. The Morgan fingerprint density at radius 1 is 1.44 bits per heavy atom. The Labute approximate surface area is 144 Å². The molecule has 0 bridgehead atoms. The van der Waals surface area contributed by atoms with E-state index >= 15 is 0 Å². The Kier molecular flexibility index (Phi) is 5.78. The highest BCUT2D eigenvalue weighted by Gasteiger charge is 2.43. The van der Waals surface area contributed by atoms with E-state index in [-0.39, 0.29) is 5.82 Å². The molecule has 0 aromatic carbocycles. The van der Waals surface area contributed by atoms with Crippen molar-refractivity contribution in [1.29, 1.82) is 0 Å². The van der Waals surface area contributed by atoms with Gasteiger partial charge in [-0.25, -0.2) is 15.1 Å². The highest BCUT2D eigenvalue weighted by atomic mass is 16.7. The Morgan fingerprint density at radius 3 is 2.64 bits per heavy atom. The lowest BCUT2D eigenvalue weighted by Crippen LogP contribution is -2.36. The summed E-state index contributed by atoms with van der Waals surface area (Å²) >= 11 is 0. The molecule has 0 radical (unpaired) electrons. The molecule has 4 N–H and O–H groups in total. The number of aliphatic hydroxyl groups is 3. The quantitative estimate of drug-likeness (QED) is 0.479. The number of carbonyl (C=O) groups excluding carboxylic acids is 1. The first kappa shape index (κ1) is 19.3. The molecule has 0 spiro atoms. The first-order chi connectivity index (χ1) is 11.7. The molecule has 2 heterocycles. The van der Waals surface area contributed by atoms with Crippen molar-refractivity contribution in [2.45, 2.75) is 51.7 Å². The number of nitrogens with zero attached hydrogens (tertiary/aromatic N) is 2. The average molecular weight is 357 g/mol. The zero-order valence-electron chi connectivity index (χ0n) is 14.2. The fourth-order valence-electron chi connectivity index (χ4n) is 2.15. The van der Waals surface area contributed by atoms with E-state index in [1.807, 2.05) is 6.92 Å². The fourth-order valence-corrected chi connectivity index (χ4v) is 2.15. The molecule has 1 aromatic heterocycles. The van der Waals surface area contributed by atoms with Crippen molar-refractivity contribution in [1.82, 2.24) is 9.55 Å². The van der Waals surface area contributed by atoms with Crippen LogP contribution in [0.15, 0.2) is 17.1 Å². The van der Waals surface area contributed by atoms with Gasteiger partial charge in [-0.05, 0) is 20.3 Å². The van der Waals surface area contributed by atoms with Crippen LogP contribution >= 0.6 is 0 Å². The summed E-state index contributed by atoms with van der Waals surface area (Å²) < 4.78 is 6.25. The van der Waals surface area contributed by atoms with Gasteiger partial charge in [0.05, 0.1) is 12.0 Å². The summed E-state index contributed by atoms with van der Waals surface area (Å²) in [6, 6.07) is 1.35. The average Bonchev–Trinajstić information content (AvgIpc) is 2.87. The summed E-state index contributed by atoms with van der Waals surface area (Å²) in [4.78, 5) is 32.6. The molecule has 10 heteroatoms. The van der Waals surface area contributed by atoms with Gasteiger partial charge in [0, 0.05) is 12.3 Å². The molecule has 10 nitrogen and oxygen atoms in total. The predicted molar refractivity (Wildman–Crippen MR) is 85.3 cm³/mol. The molecule has 25 heavy (non-hydrogen) atoms. The van der Waals surface area contributed by atoms with E-state index in [4.69, 9.17) is 14.7 Å². The van der Waals surface area contributed by atoms with E-state index in [9.17, 15) is 19.8 Å². The largest absolute Gasteiger partial charge is 0.394 e. The summed E-state index contributed by atoms with van der Waals surface area (Å²) in [6.45, 7) is 4.80. The molecular formula is C15H23N3O7. The maximum absolute atomic E-state index is 12.1. The van der Waals surface area contributed by atoms with Gasteiger partial charge in [-0.1, -0.05) is 6.92 Å². The van der Waals surface area contributed by atoms with Crippen LogP contribution in [-0.2, 0) is 14.4 Å². The van der Waals surface area contributed by atoms with Crippen molar-refractivity contribution in [3.05, 3.63) is 22.7 Å². The van der Waals surface area contributed by atoms with Crippen LogP contribution in [0, 0.1) is 5.41 Å². The molecule has 1 fully saturated rings. The summed E-state index contributed by atoms with van der Waals surface area (Å²) in [6.07, 6.45) is -3.04. The van der Waals surface area contributed by atoms with E-state index in [0.29, 0.717) is 6.42 Å². The van der Waals surface area contributed by atoms with Crippen LogP contribution in [0.3, 0.4) is 0 Å². The molecule has 1 aliphatic rings. The number of hydrogen-bond donors (Lipinski definition) is 4. The zero-order valence-corrected chi connectivity index (χ0v) is 14.2. The van der Waals surface area contributed by atoms with E-state index in [0.717, 1.165) is 4.57 Å². The molecule has 0 unspecified atom stereocenters. The highest BCUT2D eigenvalue weighted by Crippen LogP contribution is 2.28. The second-order valence-electron chi connectivity index (χ2n) is 6.46. The van der Waals surface area contributed by atoms with E-state index in [1.165, 1.54) is 12.3 Å². The minimum Gasteiger partial charge on any atom is -0.394 e. The molecule has 4 atom stereocenters. The van der Waals surface area contributed by atoms with Crippen LogP contribution < -0.4 is 11.2 Å². The summed E-state index contributed by atoms with van der Waals surface area (Å²) in [5, 5.41) is 28.8. The second kappa shape index (κ2) is 7.48. The summed E-state index contributed by atoms with van der Waals surface area (Å²) in [5.74, 6) is -0.488. The summed E-state index contributed by atoms with van der Waals surface area (Å²) in [7, 11) is 0. The minimum absolute atomic E-state index is 0.00764. The third-order valence-electron chi connectivity index (χ3n) is 4.31. The number of carbonyl (C=O) groups is 1. The SMILES string of the molecule is CCC(C)(C)C(=O)ONc1ccn([C@@H]2O[C@H](CO)[C@@H](O)[C@H]2O)c(=O)n1. The highest BCUT2D eigenvalue weighted by molar-refractivity contribution is 5.76. The van der Waals surface area contributed by atoms with E-state index in [1.54, 1.807) is 13.8 Å². The number of nitrogens with one attached hydrogen (secondary N) is 1. The Morgan fingerprint density at radius 2 is 2.12 bits per heavy atom. The van der Waals surface area contributed by atoms with E-state index in [2.05, 4.69) is 10.5 Å². The third kappa shape index (κ3) is 3.98. The van der Waals surface area contributed by atoms with Crippen molar-refractivity contribution in [2.24, 2.45) is 5.41 Å². The number of hydrogen-bond acceptors (Lipinski definition) is 9. The van der Waals surface area contributed by atoms with Crippen molar-refractivity contribution < 1.29 is 29.7 Å². The first-order valence-electron chi connectivity index (χ1n) is 7.90. The smallest absolute Gasteiger partial charge is 0.351 e. The van der Waals surface area contributed by atoms with Crippen LogP contribution in [0.1, 0.15) is 33.4 Å². The first-order valence-corrected chi connectivity index (χ1v) is 7.90. The van der Waals surface area contributed by atoms with Gasteiger partial charge in [0.15, 0.2) is 12.0 Å². The maximum Gasteiger partial charge on any atom is 0.351 e. The summed E-state index contributed by atoms with van der Waals surface area (Å²) in [5.41, 5.74) is 0.849. The van der Waals surface area contributed by atoms with Gasteiger partial charge in [-0.3, -0.25) is 4.57 Å². The Bertz CT molecular complexity index is 675. The Balaban J connectivity index is 2.09. The van der Waals surface area contributed by atoms with Gasteiger partial charge < -0.3 is 24.9 Å².